The second-order valence-electron chi connectivity index (χ2n) is 8.15. The van der Waals surface area contributed by atoms with Gasteiger partial charge in [0.2, 0.25) is 5.91 Å². The maximum atomic E-state index is 13.0. The molecule has 2 aliphatic rings. The summed E-state index contributed by atoms with van der Waals surface area (Å²) in [5.74, 6) is -1.12. The lowest BCUT2D eigenvalue weighted by molar-refractivity contribution is -0.125. The van der Waals surface area contributed by atoms with Crippen molar-refractivity contribution < 1.29 is 14.4 Å². The first-order chi connectivity index (χ1) is 13.2. The first-order valence-corrected chi connectivity index (χ1v) is 9.85. The lowest BCUT2D eigenvalue weighted by Crippen LogP contribution is -2.28. The molecule has 28 heavy (non-hydrogen) atoms. The summed E-state index contributed by atoms with van der Waals surface area (Å²) in [6.45, 7) is 10.1. The van der Waals surface area contributed by atoms with Crippen LogP contribution in [0.5, 0.6) is 0 Å². The van der Waals surface area contributed by atoms with E-state index in [2.05, 4.69) is 10.3 Å². The number of Topliss-reactive ketones (excluding diaryl/α,β-unsaturated/α-hetero) is 2. The van der Waals surface area contributed by atoms with Crippen molar-refractivity contribution in [3.05, 3.63) is 45.7 Å². The van der Waals surface area contributed by atoms with Crippen LogP contribution in [-0.2, 0) is 14.4 Å². The Morgan fingerprint density at radius 3 is 2.32 bits per heavy atom. The average molecular weight is 380 g/mol. The molecule has 1 heterocycles. The SMILES string of the molecule is CC1=NC(C)=C(C(=O)NCCC2CC(=O)C(c3c(C)cc(C)cc3C)C2=O)C1. The molecule has 1 fully saturated rings. The van der Waals surface area contributed by atoms with E-state index in [1.807, 2.05) is 46.8 Å². The summed E-state index contributed by atoms with van der Waals surface area (Å²) in [6.07, 6.45) is 1.32. The quantitative estimate of drug-likeness (QED) is 0.795. The molecule has 1 aromatic rings. The van der Waals surface area contributed by atoms with Gasteiger partial charge < -0.3 is 5.32 Å². The maximum Gasteiger partial charge on any atom is 0.249 e. The fraction of sp³-hybridized carbons (Fsp3) is 0.478. The Morgan fingerprint density at radius 2 is 1.75 bits per heavy atom. The fourth-order valence-corrected chi connectivity index (χ4v) is 4.54. The Morgan fingerprint density at radius 1 is 1.11 bits per heavy atom. The molecule has 0 aromatic heterocycles. The van der Waals surface area contributed by atoms with Crippen molar-refractivity contribution in [2.24, 2.45) is 10.9 Å². The van der Waals surface area contributed by atoms with E-state index >= 15 is 0 Å². The predicted molar refractivity (Wildman–Crippen MR) is 110 cm³/mol. The van der Waals surface area contributed by atoms with Crippen molar-refractivity contribution in [1.29, 1.82) is 0 Å². The molecule has 2 atom stereocenters. The second kappa shape index (κ2) is 7.82. The molecule has 1 amide bonds. The molecule has 5 heteroatoms. The van der Waals surface area contributed by atoms with Crippen LogP contribution in [0.25, 0.3) is 0 Å². The van der Waals surface area contributed by atoms with Crippen LogP contribution in [0.2, 0.25) is 0 Å². The van der Waals surface area contributed by atoms with Gasteiger partial charge in [0.15, 0.2) is 5.78 Å². The number of allylic oxidation sites excluding steroid dienone is 1. The highest BCUT2D eigenvalue weighted by molar-refractivity contribution is 6.15. The summed E-state index contributed by atoms with van der Waals surface area (Å²) in [6, 6.07) is 4.05. The molecule has 1 aliphatic carbocycles. The minimum absolute atomic E-state index is 0.00486. The number of carbonyl (C=O) groups is 3. The van der Waals surface area contributed by atoms with Gasteiger partial charge in [0.25, 0.3) is 0 Å². The van der Waals surface area contributed by atoms with Crippen LogP contribution in [-0.4, -0.2) is 29.7 Å². The number of nitrogens with zero attached hydrogens (tertiary/aromatic N) is 1. The molecule has 0 saturated heterocycles. The van der Waals surface area contributed by atoms with Crippen molar-refractivity contribution in [2.45, 2.75) is 59.8 Å². The number of aliphatic imine (C=N–C) groups is 1. The average Bonchev–Trinajstić information content (AvgIpc) is 3.07. The summed E-state index contributed by atoms with van der Waals surface area (Å²) >= 11 is 0. The number of hydrogen-bond acceptors (Lipinski definition) is 4. The van der Waals surface area contributed by atoms with Gasteiger partial charge in [-0.25, -0.2) is 0 Å². The van der Waals surface area contributed by atoms with Crippen LogP contribution < -0.4 is 5.32 Å². The van der Waals surface area contributed by atoms with Crippen molar-refractivity contribution >= 4 is 23.2 Å². The van der Waals surface area contributed by atoms with E-state index in [1.165, 1.54) is 0 Å². The number of benzene rings is 1. The van der Waals surface area contributed by atoms with E-state index in [1.54, 1.807) is 0 Å². The van der Waals surface area contributed by atoms with Gasteiger partial charge in [0, 0.05) is 42.3 Å². The zero-order valence-electron chi connectivity index (χ0n) is 17.3. The van der Waals surface area contributed by atoms with Gasteiger partial charge in [-0.2, -0.15) is 0 Å². The normalized spacial score (nSPS) is 22.1. The molecule has 0 radical (unpaired) electrons. The van der Waals surface area contributed by atoms with Gasteiger partial charge in [0.05, 0.1) is 0 Å². The highest BCUT2D eigenvalue weighted by Gasteiger charge is 2.42. The molecule has 148 valence electrons. The monoisotopic (exact) mass is 380 g/mol. The topological polar surface area (TPSA) is 75.6 Å². The number of amides is 1. The van der Waals surface area contributed by atoms with Gasteiger partial charge in [-0.05, 0) is 57.7 Å². The Kier molecular flexibility index (Phi) is 5.64. The summed E-state index contributed by atoms with van der Waals surface area (Å²) in [5, 5.41) is 2.89. The van der Waals surface area contributed by atoms with Crippen LogP contribution >= 0.6 is 0 Å². The molecular formula is C23H28N2O3. The first-order valence-electron chi connectivity index (χ1n) is 9.85. The second-order valence-corrected chi connectivity index (χ2v) is 8.15. The molecule has 5 nitrogen and oxygen atoms in total. The van der Waals surface area contributed by atoms with Crippen molar-refractivity contribution in [1.82, 2.24) is 5.32 Å². The number of nitrogens with one attached hydrogen (secondary N) is 1. The van der Waals surface area contributed by atoms with E-state index in [-0.39, 0.29) is 29.8 Å². The van der Waals surface area contributed by atoms with Gasteiger partial charge in [0.1, 0.15) is 11.7 Å². The zero-order valence-corrected chi connectivity index (χ0v) is 17.3. The van der Waals surface area contributed by atoms with E-state index in [9.17, 15) is 14.4 Å². The number of rotatable bonds is 5. The van der Waals surface area contributed by atoms with Crippen LogP contribution in [0.3, 0.4) is 0 Å². The number of aryl methyl sites for hydroxylation is 3. The molecule has 3 rings (SSSR count). The van der Waals surface area contributed by atoms with Crippen LogP contribution in [0.4, 0.5) is 0 Å². The first kappa shape index (κ1) is 20.2. The van der Waals surface area contributed by atoms with Gasteiger partial charge in [-0.1, -0.05) is 17.7 Å². The molecule has 0 bridgehead atoms. The molecule has 1 aliphatic heterocycles. The maximum absolute atomic E-state index is 13.0. The Bertz CT molecular complexity index is 901. The molecule has 0 spiro atoms. The third-order valence-corrected chi connectivity index (χ3v) is 5.76. The molecular weight excluding hydrogens is 352 g/mol. The van der Waals surface area contributed by atoms with Crippen LogP contribution in [0.15, 0.2) is 28.4 Å². The summed E-state index contributed by atoms with van der Waals surface area (Å²) in [5.41, 5.74) is 6.38. The van der Waals surface area contributed by atoms with Crippen molar-refractivity contribution in [2.75, 3.05) is 6.54 Å². The van der Waals surface area contributed by atoms with E-state index < -0.39 is 5.92 Å². The third-order valence-electron chi connectivity index (χ3n) is 5.76. The highest BCUT2D eigenvalue weighted by atomic mass is 16.2. The minimum Gasteiger partial charge on any atom is -0.352 e. The standard InChI is InChI=1S/C23H28N2O3/c1-12-8-13(2)20(14(3)9-12)21-19(26)11-17(22(21)27)6-7-24-23(28)18-10-15(4)25-16(18)5/h8-9,17,21H,6-7,10-11H2,1-5H3,(H,24,28). The van der Waals surface area contributed by atoms with E-state index in [4.69, 9.17) is 0 Å². The summed E-state index contributed by atoms with van der Waals surface area (Å²) in [7, 11) is 0. The highest BCUT2D eigenvalue weighted by Crippen LogP contribution is 2.37. The zero-order chi connectivity index (χ0) is 20.6. The molecule has 1 saturated carbocycles. The van der Waals surface area contributed by atoms with E-state index in [0.717, 1.165) is 33.7 Å². The third kappa shape index (κ3) is 3.84. The minimum atomic E-state index is -0.655. The summed E-state index contributed by atoms with van der Waals surface area (Å²) < 4.78 is 0. The van der Waals surface area contributed by atoms with Crippen molar-refractivity contribution in [3.63, 3.8) is 0 Å². The summed E-state index contributed by atoms with van der Waals surface area (Å²) in [4.78, 5) is 42.2. The van der Waals surface area contributed by atoms with E-state index in [0.29, 0.717) is 25.0 Å². The number of ketones is 2. The Labute approximate surface area is 166 Å². The van der Waals surface area contributed by atoms with Crippen molar-refractivity contribution in [3.8, 4) is 0 Å². The Balaban J connectivity index is 1.63. The van der Waals surface area contributed by atoms with Crippen LogP contribution in [0, 0.1) is 26.7 Å². The Hall–Kier alpha value is -2.56. The molecule has 2 unspecified atom stereocenters. The van der Waals surface area contributed by atoms with Crippen LogP contribution in [0.1, 0.15) is 61.3 Å². The largest absolute Gasteiger partial charge is 0.352 e. The van der Waals surface area contributed by atoms with Gasteiger partial charge in [-0.15, -0.1) is 0 Å². The molecule has 1 N–H and O–H groups in total. The number of carbonyl (C=O) groups excluding carboxylic acids is 3. The molecule has 1 aromatic carbocycles. The smallest absolute Gasteiger partial charge is 0.249 e. The predicted octanol–water partition coefficient (Wildman–Crippen LogP) is 3.50. The fourth-order valence-electron chi connectivity index (χ4n) is 4.54. The lowest BCUT2D eigenvalue weighted by atomic mass is 9.86. The lowest BCUT2D eigenvalue weighted by Gasteiger charge is -2.16. The number of hydrogen-bond donors (Lipinski definition) is 1. The van der Waals surface area contributed by atoms with Gasteiger partial charge in [-0.3, -0.25) is 19.4 Å². The van der Waals surface area contributed by atoms with Gasteiger partial charge >= 0.3 is 0 Å².